The zero-order chi connectivity index (χ0) is 9.10. The highest BCUT2D eigenvalue weighted by atomic mass is 14.3. The molecule has 0 N–H and O–H groups in total. The molecular weight excluding hydrogens is 156 g/mol. The van der Waals surface area contributed by atoms with E-state index in [2.05, 4.69) is 6.92 Å². The van der Waals surface area contributed by atoms with E-state index in [-0.39, 0.29) is 0 Å². The largest absolute Gasteiger partial charge is 0.0588 e. The fraction of sp³-hybridized carbons (Fsp3) is 0.923. The van der Waals surface area contributed by atoms with Crippen molar-refractivity contribution in [3.63, 3.8) is 0 Å². The van der Waals surface area contributed by atoms with Crippen LogP contribution in [-0.4, -0.2) is 0 Å². The fourth-order valence-electron chi connectivity index (χ4n) is 3.37. The van der Waals surface area contributed by atoms with Gasteiger partial charge in [0.05, 0.1) is 0 Å². The van der Waals surface area contributed by atoms with E-state index in [1.807, 2.05) is 5.92 Å². The van der Waals surface area contributed by atoms with Gasteiger partial charge in [-0.3, -0.25) is 0 Å². The lowest BCUT2D eigenvalue weighted by atomic mass is 9.69. The second kappa shape index (κ2) is 4.48. The Balaban J connectivity index is 1.88. The van der Waals surface area contributed by atoms with Crippen LogP contribution in [0.15, 0.2) is 0 Å². The summed E-state index contributed by atoms with van der Waals surface area (Å²) in [6, 6.07) is 0. The van der Waals surface area contributed by atoms with Gasteiger partial charge < -0.3 is 0 Å². The second-order valence-electron chi connectivity index (χ2n) is 5.10. The van der Waals surface area contributed by atoms with Crippen molar-refractivity contribution in [2.24, 2.45) is 11.8 Å². The quantitative estimate of drug-likeness (QED) is 0.561. The second-order valence-corrected chi connectivity index (χ2v) is 5.10. The maximum Gasteiger partial charge on any atom is -0.0238 e. The SMILES string of the molecule is C[C]1CCCCC1C1CCCCC1. The number of hydrogen-bond donors (Lipinski definition) is 0. The average molecular weight is 179 g/mol. The van der Waals surface area contributed by atoms with Gasteiger partial charge in [0, 0.05) is 0 Å². The highest BCUT2D eigenvalue weighted by molar-refractivity contribution is 4.98. The van der Waals surface area contributed by atoms with Crippen molar-refractivity contribution in [2.75, 3.05) is 0 Å². The average Bonchev–Trinajstić information content (AvgIpc) is 2.20. The highest BCUT2D eigenvalue weighted by Crippen LogP contribution is 2.42. The van der Waals surface area contributed by atoms with Crippen LogP contribution < -0.4 is 0 Å². The van der Waals surface area contributed by atoms with E-state index in [4.69, 9.17) is 0 Å². The smallest absolute Gasteiger partial charge is 0.0238 e. The third kappa shape index (κ3) is 2.27. The van der Waals surface area contributed by atoms with Gasteiger partial charge in [0.2, 0.25) is 0 Å². The molecule has 0 nitrogen and oxygen atoms in total. The first-order chi connectivity index (χ1) is 6.38. The molecule has 0 bridgehead atoms. The van der Waals surface area contributed by atoms with Crippen LogP contribution >= 0.6 is 0 Å². The lowest BCUT2D eigenvalue weighted by Gasteiger charge is -2.37. The Morgan fingerprint density at radius 1 is 0.846 bits per heavy atom. The summed E-state index contributed by atoms with van der Waals surface area (Å²) in [7, 11) is 0. The van der Waals surface area contributed by atoms with Crippen molar-refractivity contribution in [3.05, 3.63) is 5.92 Å². The van der Waals surface area contributed by atoms with Crippen molar-refractivity contribution >= 4 is 0 Å². The topological polar surface area (TPSA) is 0 Å². The van der Waals surface area contributed by atoms with Crippen LogP contribution in [0.2, 0.25) is 0 Å². The Labute approximate surface area is 83.1 Å². The molecule has 2 aliphatic carbocycles. The van der Waals surface area contributed by atoms with Crippen LogP contribution in [0, 0.1) is 17.8 Å². The van der Waals surface area contributed by atoms with E-state index in [0.29, 0.717) is 0 Å². The standard InChI is InChI=1S/C13H23/c1-11-7-5-6-10-13(11)12-8-3-2-4-9-12/h12-13H,2-10H2,1H3. The first-order valence-electron chi connectivity index (χ1n) is 6.20. The molecule has 0 heteroatoms. The van der Waals surface area contributed by atoms with Gasteiger partial charge in [-0.2, -0.15) is 0 Å². The molecule has 0 heterocycles. The van der Waals surface area contributed by atoms with Crippen molar-refractivity contribution in [1.82, 2.24) is 0 Å². The summed E-state index contributed by atoms with van der Waals surface area (Å²) < 4.78 is 0. The van der Waals surface area contributed by atoms with E-state index in [0.717, 1.165) is 11.8 Å². The van der Waals surface area contributed by atoms with E-state index in [9.17, 15) is 0 Å². The minimum Gasteiger partial charge on any atom is -0.0588 e. The van der Waals surface area contributed by atoms with Gasteiger partial charge in [-0.05, 0) is 30.6 Å². The molecule has 2 rings (SSSR count). The predicted octanol–water partition coefficient (Wildman–Crippen LogP) is 4.35. The third-order valence-corrected chi connectivity index (χ3v) is 4.19. The minimum absolute atomic E-state index is 1.02. The molecule has 75 valence electrons. The summed E-state index contributed by atoms with van der Waals surface area (Å²) in [5.74, 6) is 3.93. The molecule has 0 aromatic carbocycles. The third-order valence-electron chi connectivity index (χ3n) is 4.19. The van der Waals surface area contributed by atoms with E-state index in [1.54, 1.807) is 0 Å². The van der Waals surface area contributed by atoms with Crippen LogP contribution in [0.25, 0.3) is 0 Å². The van der Waals surface area contributed by atoms with Gasteiger partial charge in [0.25, 0.3) is 0 Å². The summed E-state index contributed by atoms with van der Waals surface area (Å²) in [4.78, 5) is 0. The molecule has 13 heavy (non-hydrogen) atoms. The Kier molecular flexibility index (Phi) is 3.29. The molecular formula is C13H23. The summed E-state index contributed by atoms with van der Waals surface area (Å²) in [5.41, 5.74) is 0. The van der Waals surface area contributed by atoms with Crippen molar-refractivity contribution in [2.45, 2.75) is 64.7 Å². The first kappa shape index (κ1) is 9.55. The summed E-state index contributed by atoms with van der Waals surface area (Å²) in [5, 5.41) is 0. The lowest BCUT2D eigenvalue weighted by molar-refractivity contribution is 0.218. The molecule has 1 unspecified atom stereocenters. The summed E-state index contributed by atoms with van der Waals surface area (Å²) in [6.45, 7) is 2.42. The summed E-state index contributed by atoms with van der Waals surface area (Å²) in [6.07, 6.45) is 13.5. The van der Waals surface area contributed by atoms with Gasteiger partial charge in [-0.1, -0.05) is 51.9 Å². The number of hydrogen-bond acceptors (Lipinski definition) is 0. The molecule has 2 fully saturated rings. The Bertz CT molecular complexity index is 144. The van der Waals surface area contributed by atoms with Crippen molar-refractivity contribution in [3.8, 4) is 0 Å². The van der Waals surface area contributed by atoms with Gasteiger partial charge >= 0.3 is 0 Å². The fourth-order valence-corrected chi connectivity index (χ4v) is 3.37. The van der Waals surface area contributed by atoms with E-state index in [1.165, 1.54) is 57.8 Å². The molecule has 0 saturated heterocycles. The Morgan fingerprint density at radius 3 is 2.23 bits per heavy atom. The van der Waals surface area contributed by atoms with Gasteiger partial charge in [0.15, 0.2) is 0 Å². The zero-order valence-corrected chi connectivity index (χ0v) is 9.02. The van der Waals surface area contributed by atoms with Crippen LogP contribution in [0.1, 0.15) is 64.7 Å². The maximum absolute atomic E-state index is 2.42. The molecule has 1 atom stereocenters. The molecule has 2 saturated carbocycles. The van der Waals surface area contributed by atoms with Gasteiger partial charge in [-0.15, -0.1) is 0 Å². The Morgan fingerprint density at radius 2 is 1.54 bits per heavy atom. The van der Waals surface area contributed by atoms with Crippen LogP contribution in [-0.2, 0) is 0 Å². The minimum atomic E-state index is 1.02. The normalized spacial score (nSPS) is 33.5. The van der Waals surface area contributed by atoms with Crippen molar-refractivity contribution < 1.29 is 0 Å². The van der Waals surface area contributed by atoms with Crippen molar-refractivity contribution in [1.29, 1.82) is 0 Å². The van der Waals surface area contributed by atoms with Crippen LogP contribution in [0.5, 0.6) is 0 Å². The predicted molar refractivity (Wildman–Crippen MR) is 57.5 cm³/mol. The maximum atomic E-state index is 2.42. The van der Waals surface area contributed by atoms with E-state index >= 15 is 0 Å². The first-order valence-corrected chi connectivity index (χ1v) is 6.20. The lowest BCUT2D eigenvalue weighted by Crippen LogP contribution is -2.25. The molecule has 0 aromatic rings. The monoisotopic (exact) mass is 179 g/mol. The van der Waals surface area contributed by atoms with Crippen LogP contribution in [0.3, 0.4) is 0 Å². The van der Waals surface area contributed by atoms with Gasteiger partial charge in [-0.25, -0.2) is 0 Å². The summed E-state index contributed by atoms with van der Waals surface area (Å²) >= 11 is 0. The molecule has 1 radical (unpaired) electrons. The van der Waals surface area contributed by atoms with Gasteiger partial charge in [0.1, 0.15) is 0 Å². The molecule has 0 amide bonds. The molecule has 0 spiro atoms. The molecule has 0 aliphatic heterocycles. The van der Waals surface area contributed by atoms with Crippen LogP contribution in [0.4, 0.5) is 0 Å². The molecule has 0 aromatic heterocycles. The molecule has 2 aliphatic rings. The highest BCUT2D eigenvalue weighted by Gasteiger charge is 2.29. The van der Waals surface area contributed by atoms with E-state index < -0.39 is 0 Å². The zero-order valence-electron chi connectivity index (χ0n) is 9.02. The number of rotatable bonds is 1. The Hall–Kier alpha value is 0.